The van der Waals surface area contributed by atoms with Crippen molar-refractivity contribution < 1.29 is 35.9 Å². The molecule has 6 nitrogen and oxygen atoms in total. The number of hydrogen-bond acceptors (Lipinski definition) is 4. The molecule has 2 aromatic carbocycles. The van der Waals surface area contributed by atoms with Crippen LogP contribution in [0.1, 0.15) is 21.7 Å². The minimum Gasteiger partial charge on any atom is -0.435 e. The summed E-state index contributed by atoms with van der Waals surface area (Å²) in [6.07, 6.45) is -5.00. The molecule has 31 heavy (non-hydrogen) atoms. The number of nitrogens with zero attached hydrogens (tertiary/aromatic N) is 4. The van der Waals surface area contributed by atoms with Crippen LogP contribution in [0.3, 0.4) is 0 Å². The summed E-state index contributed by atoms with van der Waals surface area (Å²) in [7, 11) is 1.24. The summed E-state index contributed by atoms with van der Waals surface area (Å²) in [6.45, 7) is -3.14. The van der Waals surface area contributed by atoms with Gasteiger partial charge in [-0.1, -0.05) is 23.4 Å². The molecule has 0 saturated heterocycles. The van der Waals surface area contributed by atoms with Crippen LogP contribution in [0.15, 0.2) is 48.5 Å². The molecule has 0 N–H and O–H groups in total. The van der Waals surface area contributed by atoms with E-state index in [2.05, 4.69) is 15.0 Å². The van der Waals surface area contributed by atoms with E-state index >= 15 is 0 Å². The van der Waals surface area contributed by atoms with E-state index in [1.165, 1.54) is 43.4 Å². The van der Waals surface area contributed by atoms with Crippen LogP contribution < -0.4 is 4.74 Å². The summed E-state index contributed by atoms with van der Waals surface area (Å²) in [4.78, 5) is 13.6. The molecule has 164 valence electrons. The largest absolute Gasteiger partial charge is 0.435 e. The second kappa shape index (κ2) is 8.66. The van der Waals surface area contributed by atoms with Gasteiger partial charge in [-0.25, -0.2) is 9.07 Å². The number of benzene rings is 2. The highest BCUT2D eigenvalue weighted by atomic mass is 19.4. The van der Waals surface area contributed by atoms with Gasteiger partial charge in [0.05, 0.1) is 5.69 Å². The summed E-state index contributed by atoms with van der Waals surface area (Å²) in [5, 5.41) is 6.76. The molecule has 0 atom stereocenters. The molecule has 1 amide bonds. The lowest BCUT2D eigenvalue weighted by Crippen LogP contribution is -2.29. The molecule has 1 aromatic heterocycles. The maximum atomic E-state index is 13.7. The van der Waals surface area contributed by atoms with Crippen molar-refractivity contribution in [2.45, 2.75) is 19.3 Å². The lowest BCUT2D eigenvalue weighted by atomic mass is 10.2. The predicted molar refractivity (Wildman–Crippen MR) is 95.2 cm³/mol. The summed E-state index contributed by atoms with van der Waals surface area (Å²) >= 11 is 0. The smallest absolute Gasteiger partial charge is 0.435 e. The SMILES string of the molecule is CN(Cc1ccc(OC(F)F)cc1)C(=O)c1nnn(-c2cccc(F)c2)c1C(F)(F)F. The van der Waals surface area contributed by atoms with Crippen LogP contribution in [0.25, 0.3) is 5.69 Å². The Morgan fingerprint density at radius 1 is 1.16 bits per heavy atom. The first-order chi connectivity index (χ1) is 14.6. The van der Waals surface area contributed by atoms with Crippen molar-refractivity contribution in [1.82, 2.24) is 19.9 Å². The van der Waals surface area contributed by atoms with E-state index in [-0.39, 0.29) is 18.0 Å². The number of halogens is 6. The number of amides is 1. The molecule has 3 rings (SSSR count). The Morgan fingerprint density at radius 2 is 1.84 bits per heavy atom. The van der Waals surface area contributed by atoms with Gasteiger partial charge in [0.25, 0.3) is 5.91 Å². The van der Waals surface area contributed by atoms with Gasteiger partial charge < -0.3 is 9.64 Å². The zero-order valence-electron chi connectivity index (χ0n) is 15.8. The van der Waals surface area contributed by atoms with Gasteiger partial charge in [0.1, 0.15) is 11.6 Å². The van der Waals surface area contributed by atoms with E-state index in [4.69, 9.17) is 0 Å². The van der Waals surface area contributed by atoms with Crippen molar-refractivity contribution in [2.24, 2.45) is 0 Å². The molecule has 0 saturated carbocycles. The van der Waals surface area contributed by atoms with Crippen LogP contribution in [-0.4, -0.2) is 39.5 Å². The Hall–Kier alpha value is -3.57. The van der Waals surface area contributed by atoms with Gasteiger partial charge in [-0.2, -0.15) is 22.0 Å². The fraction of sp³-hybridized carbons (Fsp3) is 0.211. The minimum absolute atomic E-state index is 0.106. The van der Waals surface area contributed by atoms with Gasteiger partial charge >= 0.3 is 12.8 Å². The summed E-state index contributed by atoms with van der Waals surface area (Å²) < 4.78 is 83.5. The highest BCUT2D eigenvalue weighted by molar-refractivity contribution is 5.93. The first kappa shape index (κ1) is 22.1. The molecule has 0 unspecified atom stereocenters. The van der Waals surface area contributed by atoms with Crippen LogP contribution in [0.5, 0.6) is 5.75 Å². The van der Waals surface area contributed by atoms with Crippen molar-refractivity contribution in [3.05, 3.63) is 71.3 Å². The Kier molecular flexibility index (Phi) is 6.18. The molecule has 0 fully saturated rings. The van der Waals surface area contributed by atoms with Crippen molar-refractivity contribution in [2.75, 3.05) is 7.05 Å². The Morgan fingerprint density at radius 3 is 2.42 bits per heavy atom. The van der Waals surface area contributed by atoms with Gasteiger partial charge in [-0.05, 0) is 35.9 Å². The summed E-state index contributed by atoms with van der Waals surface area (Å²) in [6, 6.07) is 9.50. The molecule has 0 aliphatic carbocycles. The zero-order valence-corrected chi connectivity index (χ0v) is 15.8. The molecule has 0 aliphatic rings. The average Bonchev–Trinajstić information content (AvgIpc) is 3.14. The number of aromatic nitrogens is 3. The lowest BCUT2D eigenvalue weighted by Gasteiger charge is -2.18. The molecule has 0 bridgehead atoms. The van der Waals surface area contributed by atoms with Gasteiger partial charge in [-0.15, -0.1) is 5.10 Å². The normalized spacial score (nSPS) is 11.6. The highest BCUT2D eigenvalue weighted by Crippen LogP contribution is 2.33. The van der Waals surface area contributed by atoms with E-state index in [9.17, 15) is 31.1 Å². The summed E-state index contributed by atoms with van der Waals surface area (Å²) in [5.41, 5.74) is -2.22. The van der Waals surface area contributed by atoms with Crippen LogP contribution in [0, 0.1) is 5.82 Å². The second-order valence-corrected chi connectivity index (χ2v) is 6.36. The lowest BCUT2D eigenvalue weighted by molar-refractivity contribution is -0.143. The van der Waals surface area contributed by atoms with Crippen molar-refractivity contribution in [1.29, 1.82) is 0 Å². The highest BCUT2D eigenvalue weighted by Gasteiger charge is 2.42. The molecule has 0 aliphatic heterocycles. The van der Waals surface area contributed by atoms with E-state index < -0.39 is 35.9 Å². The van der Waals surface area contributed by atoms with Gasteiger partial charge in [0.2, 0.25) is 0 Å². The quantitative estimate of drug-likeness (QED) is 0.532. The number of hydrogen-bond donors (Lipinski definition) is 0. The number of carbonyl (C=O) groups is 1. The van der Waals surface area contributed by atoms with E-state index in [0.717, 1.165) is 17.0 Å². The minimum atomic E-state index is -5.00. The number of ether oxygens (including phenoxy) is 1. The van der Waals surface area contributed by atoms with E-state index in [1.54, 1.807) is 0 Å². The first-order valence-corrected chi connectivity index (χ1v) is 8.64. The topological polar surface area (TPSA) is 60.2 Å². The molecular formula is C19H14F6N4O2. The Bertz CT molecular complexity index is 1070. The molecule has 0 radical (unpaired) electrons. The zero-order chi connectivity index (χ0) is 22.8. The maximum Gasteiger partial charge on any atom is 0.435 e. The Balaban J connectivity index is 1.87. The van der Waals surface area contributed by atoms with E-state index in [1.807, 2.05) is 0 Å². The van der Waals surface area contributed by atoms with Gasteiger partial charge in [0.15, 0.2) is 11.4 Å². The van der Waals surface area contributed by atoms with Crippen LogP contribution >= 0.6 is 0 Å². The van der Waals surface area contributed by atoms with Crippen molar-refractivity contribution in [3.8, 4) is 11.4 Å². The monoisotopic (exact) mass is 444 g/mol. The molecule has 0 spiro atoms. The average molecular weight is 444 g/mol. The number of carbonyl (C=O) groups excluding carboxylic acids is 1. The van der Waals surface area contributed by atoms with E-state index in [0.29, 0.717) is 10.2 Å². The third kappa shape index (κ3) is 5.13. The van der Waals surface area contributed by atoms with Crippen molar-refractivity contribution in [3.63, 3.8) is 0 Å². The number of alkyl halides is 5. The van der Waals surface area contributed by atoms with Crippen LogP contribution in [0.4, 0.5) is 26.3 Å². The van der Waals surface area contributed by atoms with Crippen LogP contribution in [-0.2, 0) is 12.7 Å². The van der Waals surface area contributed by atoms with Crippen molar-refractivity contribution >= 4 is 5.91 Å². The fourth-order valence-electron chi connectivity index (χ4n) is 2.77. The molecule has 1 heterocycles. The maximum absolute atomic E-state index is 13.7. The van der Waals surface area contributed by atoms with Gasteiger partial charge in [0, 0.05) is 13.6 Å². The standard InChI is InChI=1S/C19H14F6N4O2/c1-28(10-11-5-7-14(8-6-11)31-18(21)22)17(30)15-16(19(23,24)25)29(27-26-15)13-4-2-3-12(20)9-13/h2-9,18H,10H2,1H3. The fourth-order valence-corrected chi connectivity index (χ4v) is 2.77. The Labute approximate surface area is 171 Å². The molecule has 12 heteroatoms. The molecule has 3 aromatic rings. The first-order valence-electron chi connectivity index (χ1n) is 8.64. The van der Waals surface area contributed by atoms with Crippen LogP contribution in [0.2, 0.25) is 0 Å². The van der Waals surface area contributed by atoms with Gasteiger partial charge in [-0.3, -0.25) is 4.79 Å². The number of rotatable bonds is 6. The predicted octanol–water partition coefficient (Wildman–Crippen LogP) is 4.30. The molecular weight excluding hydrogens is 430 g/mol. The summed E-state index contributed by atoms with van der Waals surface area (Å²) in [5.74, 6) is -1.97. The third-order valence-electron chi connectivity index (χ3n) is 4.11. The third-order valence-corrected chi connectivity index (χ3v) is 4.11. The second-order valence-electron chi connectivity index (χ2n) is 6.36.